The fourth-order valence-corrected chi connectivity index (χ4v) is 4.85. The van der Waals surface area contributed by atoms with Gasteiger partial charge in [-0.25, -0.2) is 0 Å². The Labute approximate surface area is 208 Å². The number of para-hydroxylation sites is 1. The first-order valence-electron chi connectivity index (χ1n) is 11.2. The molecule has 7 heteroatoms. The number of hydrogen-bond donors (Lipinski definition) is 2. The molecule has 2 amide bonds. The zero-order chi connectivity index (χ0) is 24.6. The highest BCUT2D eigenvalue weighted by atomic mass is 32.1. The number of carbonyl (C=O) groups excluding carboxylic acids is 2. The van der Waals surface area contributed by atoms with Gasteiger partial charge in [-0.15, -0.1) is 11.3 Å². The van der Waals surface area contributed by atoms with E-state index in [0.717, 1.165) is 21.8 Å². The second-order valence-electron chi connectivity index (χ2n) is 7.87. The van der Waals surface area contributed by atoms with Crippen molar-refractivity contribution < 1.29 is 19.1 Å². The van der Waals surface area contributed by atoms with Gasteiger partial charge in [0.2, 0.25) is 0 Å². The molecule has 0 atom stereocenters. The minimum absolute atomic E-state index is 0.320. The highest BCUT2D eigenvalue weighted by molar-refractivity contribution is 7.17. The van der Waals surface area contributed by atoms with Crippen LogP contribution in [0.2, 0.25) is 0 Å². The van der Waals surface area contributed by atoms with Crippen molar-refractivity contribution in [2.75, 3.05) is 18.5 Å². The Morgan fingerprint density at radius 2 is 1.40 bits per heavy atom. The molecule has 4 rings (SSSR count). The molecule has 1 aromatic heterocycles. The second-order valence-corrected chi connectivity index (χ2v) is 8.97. The van der Waals surface area contributed by atoms with Crippen LogP contribution in [0.1, 0.15) is 36.7 Å². The van der Waals surface area contributed by atoms with Crippen LogP contribution < -0.4 is 20.5 Å². The zero-order valence-electron chi connectivity index (χ0n) is 19.3. The highest BCUT2D eigenvalue weighted by Crippen LogP contribution is 2.34. The normalized spacial score (nSPS) is 10.5. The van der Waals surface area contributed by atoms with Crippen molar-refractivity contribution in [1.29, 1.82) is 0 Å². The number of benzene rings is 3. The maximum Gasteiger partial charge on any atom is 0.256 e. The van der Waals surface area contributed by atoms with Crippen LogP contribution in [0.5, 0.6) is 11.5 Å². The Kier molecular flexibility index (Phi) is 7.80. The summed E-state index contributed by atoms with van der Waals surface area (Å²) in [6, 6.07) is 26.3. The maximum atomic E-state index is 12.9. The second kappa shape index (κ2) is 11.4. The third-order valence-corrected chi connectivity index (χ3v) is 6.61. The van der Waals surface area contributed by atoms with Gasteiger partial charge in [0.25, 0.3) is 11.8 Å². The third kappa shape index (κ3) is 6.28. The largest absolute Gasteiger partial charge is 0.490 e. The lowest BCUT2D eigenvalue weighted by atomic mass is 10.1. The molecule has 0 bridgehead atoms. The summed E-state index contributed by atoms with van der Waals surface area (Å²) in [7, 11) is 0. The van der Waals surface area contributed by atoms with Crippen molar-refractivity contribution in [2.45, 2.75) is 13.3 Å². The Bertz CT molecular complexity index is 1290. The van der Waals surface area contributed by atoms with E-state index in [1.807, 2.05) is 67.6 Å². The van der Waals surface area contributed by atoms with Gasteiger partial charge in [0.05, 0.1) is 5.56 Å². The van der Waals surface area contributed by atoms with E-state index in [9.17, 15) is 9.59 Å². The summed E-state index contributed by atoms with van der Waals surface area (Å²) in [5.74, 6) is 0.538. The van der Waals surface area contributed by atoms with Crippen molar-refractivity contribution in [1.82, 2.24) is 0 Å². The molecule has 3 aromatic carbocycles. The number of hydrogen-bond acceptors (Lipinski definition) is 5. The Morgan fingerprint density at radius 3 is 2.00 bits per heavy atom. The smallest absolute Gasteiger partial charge is 0.256 e. The molecular weight excluding hydrogens is 460 g/mol. The fraction of sp³-hybridized carbons (Fsp3) is 0.143. The van der Waals surface area contributed by atoms with Crippen molar-refractivity contribution >= 4 is 28.2 Å². The number of primary amides is 1. The first-order chi connectivity index (χ1) is 17.0. The number of amides is 2. The fourth-order valence-electron chi connectivity index (χ4n) is 3.61. The van der Waals surface area contributed by atoms with Crippen LogP contribution in [0.25, 0.3) is 0 Å². The summed E-state index contributed by atoms with van der Waals surface area (Å²) in [6.07, 6.45) is 0.660. The minimum atomic E-state index is -0.560. The summed E-state index contributed by atoms with van der Waals surface area (Å²) in [4.78, 5) is 26.0. The van der Waals surface area contributed by atoms with Gasteiger partial charge < -0.3 is 20.5 Å². The van der Waals surface area contributed by atoms with Crippen LogP contribution in [0, 0.1) is 6.92 Å². The highest BCUT2D eigenvalue weighted by Gasteiger charge is 2.21. The lowest BCUT2D eigenvalue weighted by Crippen LogP contribution is -2.17. The Morgan fingerprint density at radius 1 is 0.829 bits per heavy atom. The molecule has 0 aliphatic carbocycles. The predicted molar refractivity (Wildman–Crippen MR) is 139 cm³/mol. The van der Waals surface area contributed by atoms with E-state index in [4.69, 9.17) is 15.2 Å². The molecule has 178 valence electrons. The number of carbonyl (C=O) groups is 2. The molecule has 4 aromatic rings. The van der Waals surface area contributed by atoms with Crippen LogP contribution in [0.3, 0.4) is 0 Å². The standard InChI is InChI=1S/C28H26N2O4S/c1-19-24(18-20-8-4-2-5-9-20)35-28(25(19)26(29)31)30-27(32)21-12-14-23(15-13-21)34-17-16-33-22-10-6-3-7-11-22/h2-15H,16-18H2,1H3,(H2,29,31)(H,30,32). The van der Waals surface area contributed by atoms with Crippen LogP contribution in [0.4, 0.5) is 5.00 Å². The first-order valence-corrected chi connectivity index (χ1v) is 12.0. The number of ether oxygens (including phenoxy) is 2. The third-order valence-electron chi connectivity index (χ3n) is 5.41. The molecule has 0 spiro atoms. The number of rotatable bonds is 10. The lowest BCUT2D eigenvalue weighted by Gasteiger charge is -2.09. The van der Waals surface area contributed by atoms with Gasteiger partial charge in [-0.3, -0.25) is 9.59 Å². The van der Waals surface area contributed by atoms with Crippen molar-refractivity contribution in [2.24, 2.45) is 5.73 Å². The van der Waals surface area contributed by atoms with Gasteiger partial charge in [-0.05, 0) is 54.4 Å². The molecule has 6 nitrogen and oxygen atoms in total. The topological polar surface area (TPSA) is 90.7 Å². The quantitative estimate of drug-likeness (QED) is 0.291. The molecule has 35 heavy (non-hydrogen) atoms. The van der Waals surface area contributed by atoms with E-state index < -0.39 is 5.91 Å². The van der Waals surface area contributed by atoms with Crippen LogP contribution in [-0.2, 0) is 6.42 Å². The van der Waals surface area contributed by atoms with Crippen LogP contribution in [0.15, 0.2) is 84.9 Å². The molecule has 0 radical (unpaired) electrons. The summed E-state index contributed by atoms with van der Waals surface area (Å²) in [6.45, 7) is 2.64. The number of thiophene rings is 1. The van der Waals surface area contributed by atoms with Crippen molar-refractivity contribution in [3.63, 3.8) is 0 Å². The molecule has 0 unspecified atom stereocenters. The Hall–Kier alpha value is -4.10. The summed E-state index contributed by atoms with van der Waals surface area (Å²) in [5, 5.41) is 3.33. The molecular formula is C28H26N2O4S. The molecule has 1 heterocycles. The lowest BCUT2D eigenvalue weighted by molar-refractivity contribution is 0.100. The summed E-state index contributed by atoms with van der Waals surface area (Å²) < 4.78 is 11.3. The van der Waals surface area contributed by atoms with Gasteiger partial charge in [0, 0.05) is 16.9 Å². The van der Waals surface area contributed by atoms with Gasteiger partial charge in [-0.2, -0.15) is 0 Å². The monoisotopic (exact) mass is 486 g/mol. The van der Waals surface area contributed by atoms with E-state index in [-0.39, 0.29) is 5.91 Å². The van der Waals surface area contributed by atoms with Crippen molar-refractivity contribution in [3.05, 3.63) is 112 Å². The van der Waals surface area contributed by atoms with E-state index in [1.165, 1.54) is 11.3 Å². The SMILES string of the molecule is Cc1c(Cc2ccccc2)sc(NC(=O)c2ccc(OCCOc3ccccc3)cc2)c1C(N)=O. The predicted octanol–water partition coefficient (Wildman–Crippen LogP) is 5.46. The minimum Gasteiger partial charge on any atom is -0.490 e. The molecule has 0 saturated carbocycles. The average Bonchev–Trinajstić information content (AvgIpc) is 3.17. The van der Waals surface area contributed by atoms with E-state index in [0.29, 0.717) is 41.5 Å². The molecule has 0 saturated heterocycles. The first kappa shape index (κ1) is 24.0. The molecule has 3 N–H and O–H groups in total. The van der Waals surface area contributed by atoms with Gasteiger partial charge in [0.15, 0.2) is 0 Å². The van der Waals surface area contributed by atoms with E-state index in [2.05, 4.69) is 5.32 Å². The molecule has 0 fully saturated rings. The average molecular weight is 487 g/mol. The van der Waals surface area contributed by atoms with Crippen molar-refractivity contribution in [3.8, 4) is 11.5 Å². The van der Waals surface area contributed by atoms with Gasteiger partial charge >= 0.3 is 0 Å². The van der Waals surface area contributed by atoms with Gasteiger partial charge in [-0.1, -0.05) is 48.5 Å². The number of nitrogens with two attached hydrogens (primary N) is 1. The maximum absolute atomic E-state index is 12.9. The van der Waals surface area contributed by atoms with E-state index in [1.54, 1.807) is 24.3 Å². The molecule has 0 aliphatic rings. The number of anilines is 1. The van der Waals surface area contributed by atoms with E-state index >= 15 is 0 Å². The zero-order valence-corrected chi connectivity index (χ0v) is 20.1. The Balaban J connectivity index is 1.38. The van der Waals surface area contributed by atoms with Crippen LogP contribution >= 0.6 is 11.3 Å². The van der Waals surface area contributed by atoms with Gasteiger partial charge in [0.1, 0.15) is 29.7 Å². The number of nitrogens with one attached hydrogen (secondary N) is 1. The van der Waals surface area contributed by atoms with Crippen LogP contribution in [-0.4, -0.2) is 25.0 Å². The summed E-state index contributed by atoms with van der Waals surface area (Å²) >= 11 is 1.38. The molecule has 0 aliphatic heterocycles. The summed E-state index contributed by atoms with van der Waals surface area (Å²) in [5.41, 5.74) is 8.36.